The Morgan fingerprint density at radius 1 is 0.955 bits per heavy atom. The molecule has 0 unspecified atom stereocenters. The number of ether oxygens (including phenoxy) is 5. The molecule has 0 radical (unpaired) electrons. The molecule has 44 heavy (non-hydrogen) atoms. The van der Waals surface area contributed by atoms with Crippen LogP contribution in [0.5, 0.6) is 11.5 Å². The van der Waals surface area contributed by atoms with E-state index in [-0.39, 0.29) is 30.3 Å². The van der Waals surface area contributed by atoms with E-state index in [2.05, 4.69) is 11.3 Å². The molecule has 12 heteroatoms. The van der Waals surface area contributed by atoms with Crippen molar-refractivity contribution in [2.75, 3.05) is 20.3 Å². The van der Waals surface area contributed by atoms with E-state index >= 15 is 0 Å². The third-order valence-corrected chi connectivity index (χ3v) is 8.12. The number of rotatable bonds is 14. The largest absolute Gasteiger partial charge is 0.466 e. The molecule has 4 rings (SSSR count). The van der Waals surface area contributed by atoms with Gasteiger partial charge < -0.3 is 23.7 Å². The zero-order chi connectivity index (χ0) is 31.7. The van der Waals surface area contributed by atoms with Crippen LogP contribution in [0.3, 0.4) is 0 Å². The number of esters is 3. The van der Waals surface area contributed by atoms with E-state index in [1.54, 1.807) is 48.5 Å². The van der Waals surface area contributed by atoms with Crippen LogP contribution in [0.2, 0.25) is 0 Å². The summed E-state index contributed by atoms with van der Waals surface area (Å²) in [5.41, 5.74) is 0.829. The third kappa shape index (κ3) is 7.09. The van der Waals surface area contributed by atoms with Crippen molar-refractivity contribution in [2.45, 2.75) is 42.9 Å². The number of methoxy groups -OCH3 is 1. The zero-order valence-electron chi connectivity index (χ0n) is 24.3. The molecule has 1 aliphatic rings. The molecule has 0 aliphatic carbocycles. The van der Waals surface area contributed by atoms with Crippen molar-refractivity contribution >= 4 is 27.9 Å². The van der Waals surface area contributed by atoms with E-state index in [1.165, 1.54) is 12.1 Å². The Balaban J connectivity index is 1.75. The summed E-state index contributed by atoms with van der Waals surface area (Å²) >= 11 is 0. The van der Waals surface area contributed by atoms with E-state index in [9.17, 15) is 22.8 Å². The lowest BCUT2D eigenvalue weighted by molar-refractivity contribution is -0.151. The number of unbranched alkanes of at least 4 members (excludes halogenated alkanes) is 1. The maximum absolute atomic E-state index is 13.8. The van der Waals surface area contributed by atoms with Gasteiger partial charge in [-0.25, -0.2) is 13.2 Å². The quantitative estimate of drug-likeness (QED) is 0.120. The van der Waals surface area contributed by atoms with Crippen LogP contribution in [-0.2, 0) is 39.6 Å². The van der Waals surface area contributed by atoms with Crippen LogP contribution in [0.1, 0.15) is 47.7 Å². The predicted octanol–water partition coefficient (Wildman–Crippen LogP) is 4.26. The number of nitrogens with one attached hydrogen (secondary N) is 1. The van der Waals surface area contributed by atoms with Gasteiger partial charge in [-0.05, 0) is 6.42 Å². The van der Waals surface area contributed by atoms with E-state index < -0.39 is 51.1 Å². The number of sulfonamides is 1. The minimum atomic E-state index is -4.70. The van der Waals surface area contributed by atoms with Crippen LogP contribution >= 0.6 is 0 Å². The number of carbonyl (C=O) groups excluding carboxylic acids is 3. The second-order valence-electron chi connectivity index (χ2n) is 9.71. The molecule has 3 aromatic rings. The summed E-state index contributed by atoms with van der Waals surface area (Å²) in [5.74, 6) is -4.25. The maximum atomic E-state index is 13.8. The lowest BCUT2D eigenvalue weighted by atomic mass is 9.97. The molecule has 11 nitrogen and oxygen atoms in total. The molecule has 1 aliphatic heterocycles. The molecule has 0 amide bonds. The molecular formula is C32H33NO10S. The van der Waals surface area contributed by atoms with Crippen LogP contribution < -0.4 is 14.2 Å². The van der Waals surface area contributed by atoms with Crippen LogP contribution in [0, 0.1) is 0 Å². The second-order valence-corrected chi connectivity index (χ2v) is 11.4. The molecule has 232 valence electrons. The Bertz CT molecular complexity index is 1570. The minimum absolute atomic E-state index is 0.00972. The summed E-state index contributed by atoms with van der Waals surface area (Å²) < 4.78 is 57.5. The number of carbonyl (C=O) groups is 3. The number of hydrogen-bond acceptors (Lipinski definition) is 10. The van der Waals surface area contributed by atoms with Crippen molar-refractivity contribution in [2.24, 2.45) is 0 Å². The molecule has 0 saturated carbocycles. The topological polar surface area (TPSA) is 144 Å². The molecule has 0 aromatic heterocycles. The smallest absolute Gasteiger partial charge is 0.339 e. The Labute approximate surface area is 255 Å². The summed E-state index contributed by atoms with van der Waals surface area (Å²) in [6.07, 6.45) is 2.00. The molecular weight excluding hydrogens is 590 g/mol. The highest BCUT2D eigenvalue weighted by molar-refractivity contribution is 7.89. The Hall–Kier alpha value is -4.68. The number of hydrogen-bond donors (Lipinski definition) is 1. The minimum Gasteiger partial charge on any atom is -0.466 e. The van der Waals surface area contributed by atoms with Crippen molar-refractivity contribution < 1.29 is 46.5 Å². The van der Waals surface area contributed by atoms with Crippen LogP contribution in [0.15, 0.2) is 90.3 Å². The normalized spacial score (nSPS) is 13.9. The van der Waals surface area contributed by atoms with Crippen LogP contribution in [-0.4, -0.2) is 52.7 Å². The van der Waals surface area contributed by atoms with E-state index in [0.29, 0.717) is 17.5 Å². The van der Waals surface area contributed by atoms with Gasteiger partial charge in [-0.2, -0.15) is 4.72 Å². The maximum Gasteiger partial charge on any atom is 0.339 e. The molecule has 0 fully saturated rings. The summed E-state index contributed by atoms with van der Waals surface area (Å²) in [6, 6.07) is 18.7. The van der Waals surface area contributed by atoms with Crippen LogP contribution in [0.25, 0.3) is 0 Å². The van der Waals surface area contributed by atoms with Gasteiger partial charge in [0.1, 0.15) is 17.5 Å². The van der Waals surface area contributed by atoms with Gasteiger partial charge in [0, 0.05) is 23.3 Å². The van der Waals surface area contributed by atoms with E-state index in [4.69, 9.17) is 23.7 Å². The fourth-order valence-corrected chi connectivity index (χ4v) is 5.84. The van der Waals surface area contributed by atoms with Crippen molar-refractivity contribution in [1.29, 1.82) is 0 Å². The van der Waals surface area contributed by atoms with E-state index in [1.807, 2.05) is 19.1 Å². The second kappa shape index (κ2) is 14.2. The highest BCUT2D eigenvalue weighted by Gasteiger charge is 2.47. The average Bonchev–Trinajstić information content (AvgIpc) is 3.43. The van der Waals surface area contributed by atoms with Gasteiger partial charge in [0.25, 0.3) is 0 Å². The van der Waals surface area contributed by atoms with Gasteiger partial charge in [0.15, 0.2) is 11.5 Å². The van der Waals surface area contributed by atoms with Gasteiger partial charge in [-0.3, -0.25) is 9.59 Å². The van der Waals surface area contributed by atoms with Crippen molar-refractivity contribution in [3.8, 4) is 11.5 Å². The van der Waals surface area contributed by atoms with Gasteiger partial charge in [-0.15, -0.1) is 0 Å². The first-order valence-electron chi connectivity index (χ1n) is 13.9. The predicted molar refractivity (Wildman–Crippen MR) is 158 cm³/mol. The Morgan fingerprint density at radius 2 is 1.55 bits per heavy atom. The molecule has 1 heterocycles. The van der Waals surface area contributed by atoms with Crippen molar-refractivity contribution in [1.82, 2.24) is 4.72 Å². The fourth-order valence-electron chi connectivity index (χ4n) is 4.46. The Kier molecular flexibility index (Phi) is 10.4. The molecule has 0 spiro atoms. The average molecular weight is 624 g/mol. The zero-order valence-corrected chi connectivity index (χ0v) is 25.1. The van der Waals surface area contributed by atoms with Gasteiger partial charge in [0.05, 0.1) is 25.7 Å². The summed E-state index contributed by atoms with van der Waals surface area (Å²) in [5, 5.41) is 0. The first-order valence-corrected chi connectivity index (χ1v) is 15.3. The molecule has 1 atom stereocenters. The highest BCUT2D eigenvalue weighted by atomic mass is 32.2. The lowest BCUT2D eigenvalue weighted by Gasteiger charge is -2.28. The fraction of sp³-hybridized carbons (Fsp3) is 0.281. The van der Waals surface area contributed by atoms with Crippen LogP contribution in [0.4, 0.5) is 0 Å². The SMILES string of the molecule is C=CCOC(=O)[C@H](CC(=O)OCCCC)NS(=O)(=O)c1cc2c(cc1C(=O)OC)OC(c1ccccc1)(c1ccccc1)O2. The summed E-state index contributed by atoms with van der Waals surface area (Å²) in [7, 11) is -3.60. The Morgan fingerprint density at radius 3 is 2.09 bits per heavy atom. The standard InChI is InChI=1S/C32H33NO10S/c1-4-6-18-40-29(34)20-25(31(36)41-17-5-2)33-44(37,38)28-21-27-26(19-24(28)30(35)39-3)42-32(43-27,22-13-9-7-10-14-22)23-15-11-8-12-16-23/h5,7-16,19,21,25,33H,2,4,6,17-18,20H2,1,3H3/t25-/m0/s1. The first-order chi connectivity index (χ1) is 21.1. The van der Waals surface area contributed by atoms with Crippen molar-refractivity contribution in [3.05, 3.63) is 102 Å². The van der Waals surface area contributed by atoms with E-state index in [0.717, 1.165) is 19.6 Å². The molecule has 0 saturated heterocycles. The summed E-state index contributed by atoms with van der Waals surface area (Å²) in [4.78, 5) is 37.6. The molecule has 0 bridgehead atoms. The lowest BCUT2D eigenvalue weighted by Crippen LogP contribution is -2.43. The monoisotopic (exact) mass is 623 g/mol. The molecule has 1 N–H and O–H groups in total. The highest BCUT2D eigenvalue weighted by Crippen LogP contribution is 2.49. The summed E-state index contributed by atoms with van der Waals surface area (Å²) in [6.45, 7) is 5.26. The van der Waals surface area contributed by atoms with Crippen molar-refractivity contribution in [3.63, 3.8) is 0 Å². The van der Waals surface area contributed by atoms with Gasteiger partial charge in [-0.1, -0.05) is 86.7 Å². The van der Waals surface area contributed by atoms with Gasteiger partial charge >= 0.3 is 23.7 Å². The molecule has 3 aromatic carbocycles. The third-order valence-electron chi connectivity index (χ3n) is 6.61. The first kappa shape index (κ1) is 32.2. The van der Waals surface area contributed by atoms with Gasteiger partial charge in [0.2, 0.25) is 10.0 Å². The number of benzene rings is 3. The number of fused-ring (bicyclic) bond motifs is 1.